The predicted octanol–water partition coefficient (Wildman–Crippen LogP) is 2.50. The zero-order valence-corrected chi connectivity index (χ0v) is 16.7. The first kappa shape index (κ1) is 23.3. The van der Waals surface area contributed by atoms with Gasteiger partial charge in [-0.05, 0) is 37.1 Å². The predicted molar refractivity (Wildman–Crippen MR) is 101 cm³/mol. The Bertz CT molecular complexity index is 747. The van der Waals surface area contributed by atoms with E-state index in [9.17, 15) is 27.6 Å². The Balaban J connectivity index is 1.77. The number of hydrogen-bond acceptors (Lipinski definition) is 5. The normalized spacial score (nSPS) is 14.8. The molecule has 1 aromatic rings. The lowest BCUT2D eigenvalue weighted by Gasteiger charge is -2.32. The second-order valence-electron chi connectivity index (χ2n) is 6.90. The molecule has 0 unspecified atom stereocenters. The summed E-state index contributed by atoms with van der Waals surface area (Å²) in [6, 6.07) is 6.73. The van der Waals surface area contributed by atoms with E-state index in [-0.39, 0.29) is 44.3 Å². The van der Waals surface area contributed by atoms with Gasteiger partial charge in [-0.1, -0.05) is 0 Å². The van der Waals surface area contributed by atoms with Crippen LogP contribution >= 0.6 is 0 Å². The molecular weight excluding hydrogens is 407 g/mol. The van der Waals surface area contributed by atoms with Crippen molar-refractivity contribution >= 4 is 23.6 Å². The van der Waals surface area contributed by atoms with Crippen molar-refractivity contribution in [2.45, 2.75) is 19.0 Å². The third kappa shape index (κ3) is 7.12. The molecule has 0 aliphatic carbocycles. The summed E-state index contributed by atoms with van der Waals surface area (Å²) in [6.07, 6.45) is -5.07. The average molecular weight is 431 g/mol. The van der Waals surface area contributed by atoms with Crippen molar-refractivity contribution < 1.29 is 37.0 Å². The molecule has 1 fully saturated rings. The molecule has 1 aliphatic heterocycles. The minimum Gasteiger partial charge on any atom is -0.497 e. The van der Waals surface area contributed by atoms with E-state index >= 15 is 0 Å². The number of piperidine rings is 1. The number of amides is 3. The van der Waals surface area contributed by atoms with Crippen LogP contribution in [0.25, 0.3) is 0 Å². The van der Waals surface area contributed by atoms with Gasteiger partial charge in [-0.15, -0.1) is 0 Å². The summed E-state index contributed by atoms with van der Waals surface area (Å²) in [5.74, 6) is -0.406. The molecule has 30 heavy (non-hydrogen) atoms. The molecule has 166 valence electrons. The topological polar surface area (TPSA) is 88.2 Å². The largest absolute Gasteiger partial charge is 0.497 e. The second-order valence-corrected chi connectivity index (χ2v) is 6.90. The zero-order chi connectivity index (χ0) is 22.3. The molecule has 0 saturated carbocycles. The minimum atomic E-state index is -4.58. The maximum absolute atomic E-state index is 12.5. The van der Waals surface area contributed by atoms with E-state index < -0.39 is 24.8 Å². The van der Waals surface area contributed by atoms with Gasteiger partial charge in [0.15, 0.2) is 6.61 Å². The van der Waals surface area contributed by atoms with Crippen molar-refractivity contribution in [1.29, 1.82) is 0 Å². The molecule has 2 rings (SSSR count). The maximum atomic E-state index is 12.5. The van der Waals surface area contributed by atoms with Gasteiger partial charge in [0.25, 0.3) is 0 Å². The molecule has 11 heteroatoms. The van der Waals surface area contributed by atoms with Gasteiger partial charge >= 0.3 is 12.3 Å². The van der Waals surface area contributed by atoms with Crippen LogP contribution in [0.3, 0.4) is 0 Å². The van der Waals surface area contributed by atoms with Gasteiger partial charge in [-0.2, -0.15) is 13.2 Å². The summed E-state index contributed by atoms with van der Waals surface area (Å²) < 4.78 is 45.7. The van der Waals surface area contributed by atoms with Gasteiger partial charge in [-0.25, -0.2) is 4.79 Å². The molecule has 1 aromatic carbocycles. The number of benzene rings is 1. The van der Waals surface area contributed by atoms with E-state index in [1.807, 2.05) is 0 Å². The first-order valence-corrected chi connectivity index (χ1v) is 9.26. The number of carbonyl (C=O) groups excluding carboxylic acids is 3. The van der Waals surface area contributed by atoms with Crippen molar-refractivity contribution in [3.05, 3.63) is 24.3 Å². The first-order valence-electron chi connectivity index (χ1n) is 9.26. The number of methoxy groups -OCH3 is 1. The summed E-state index contributed by atoms with van der Waals surface area (Å²) in [5.41, 5.74) is 0.562. The number of likely N-dealkylation sites (tertiary alicyclic amines) is 1. The lowest BCUT2D eigenvalue weighted by Crippen LogP contribution is -2.45. The highest BCUT2D eigenvalue weighted by Crippen LogP contribution is 2.21. The Labute approximate surface area is 171 Å². The zero-order valence-electron chi connectivity index (χ0n) is 16.7. The number of hydrogen-bond donors (Lipinski definition) is 1. The number of likely N-dealkylation sites (N-methyl/N-ethyl adjacent to an activating group) is 1. The third-order valence-electron chi connectivity index (χ3n) is 4.59. The highest BCUT2D eigenvalue weighted by molar-refractivity contribution is 5.94. The Hall–Kier alpha value is -2.98. The summed E-state index contributed by atoms with van der Waals surface area (Å²) in [7, 11) is 3.03. The molecule has 8 nitrogen and oxygen atoms in total. The molecule has 1 N–H and O–H groups in total. The van der Waals surface area contributed by atoms with Crippen LogP contribution in [0.1, 0.15) is 12.8 Å². The molecule has 0 radical (unpaired) electrons. The fourth-order valence-electron chi connectivity index (χ4n) is 3.02. The number of alkyl halides is 3. The minimum absolute atomic E-state index is 0.110. The van der Waals surface area contributed by atoms with E-state index in [4.69, 9.17) is 4.74 Å². The molecular formula is C19H24F3N3O5. The van der Waals surface area contributed by atoms with Crippen molar-refractivity contribution in [3.8, 4) is 5.75 Å². The van der Waals surface area contributed by atoms with Crippen LogP contribution in [0.15, 0.2) is 24.3 Å². The molecule has 0 bridgehead atoms. The van der Waals surface area contributed by atoms with E-state index in [2.05, 4.69) is 10.1 Å². The van der Waals surface area contributed by atoms with Gasteiger partial charge in [0, 0.05) is 31.7 Å². The first-order chi connectivity index (χ1) is 14.1. The second kappa shape index (κ2) is 10.2. The molecule has 1 aliphatic rings. The van der Waals surface area contributed by atoms with Gasteiger partial charge in [0.2, 0.25) is 11.8 Å². The van der Waals surface area contributed by atoms with Crippen molar-refractivity contribution in [1.82, 2.24) is 9.80 Å². The smallest absolute Gasteiger partial charge is 0.422 e. The quantitative estimate of drug-likeness (QED) is 0.748. The number of rotatable bonds is 6. The number of carbonyl (C=O) groups is 3. The van der Waals surface area contributed by atoms with E-state index in [1.165, 1.54) is 19.1 Å². The Morgan fingerprint density at radius 3 is 2.30 bits per heavy atom. The Kier molecular flexibility index (Phi) is 7.90. The summed E-state index contributed by atoms with van der Waals surface area (Å²) in [6.45, 7) is -1.58. The van der Waals surface area contributed by atoms with E-state index in [0.717, 1.165) is 4.90 Å². The van der Waals surface area contributed by atoms with Crippen LogP contribution in [-0.4, -0.2) is 74.3 Å². The maximum Gasteiger partial charge on any atom is 0.422 e. The molecule has 0 aromatic heterocycles. The summed E-state index contributed by atoms with van der Waals surface area (Å²) in [5, 5.41) is 2.68. The number of halogens is 3. The van der Waals surface area contributed by atoms with Crippen LogP contribution in [0.2, 0.25) is 0 Å². The fraction of sp³-hybridized carbons (Fsp3) is 0.526. The molecule has 0 atom stereocenters. The van der Waals surface area contributed by atoms with E-state index in [1.54, 1.807) is 24.3 Å². The van der Waals surface area contributed by atoms with Crippen LogP contribution in [-0.2, 0) is 14.3 Å². The van der Waals surface area contributed by atoms with Gasteiger partial charge in [0.05, 0.1) is 13.7 Å². The SMILES string of the molecule is COc1ccc(NC(=O)CN(C)C(=O)C2CCN(C(=O)OCC(F)(F)F)CC2)cc1. The highest BCUT2D eigenvalue weighted by Gasteiger charge is 2.33. The molecule has 1 heterocycles. The van der Waals surface area contributed by atoms with Crippen molar-refractivity contribution in [2.75, 3.05) is 45.7 Å². The lowest BCUT2D eigenvalue weighted by atomic mass is 9.95. The molecule has 3 amide bonds. The number of nitrogens with one attached hydrogen (secondary N) is 1. The Morgan fingerprint density at radius 1 is 1.17 bits per heavy atom. The lowest BCUT2D eigenvalue weighted by molar-refractivity contribution is -0.162. The molecule has 1 saturated heterocycles. The number of ether oxygens (including phenoxy) is 2. The van der Waals surface area contributed by atoms with E-state index in [0.29, 0.717) is 11.4 Å². The van der Waals surface area contributed by atoms with Crippen LogP contribution in [0, 0.1) is 5.92 Å². The average Bonchev–Trinajstić information content (AvgIpc) is 2.71. The third-order valence-corrected chi connectivity index (χ3v) is 4.59. The monoisotopic (exact) mass is 431 g/mol. The molecule has 0 spiro atoms. The van der Waals surface area contributed by atoms with Gasteiger partial charge in [0.1, 0.15) is 5.75 Å². The summed E-state index contributed by atoms with van der Waals surface area (Å²) in [4.78, 5) is 38.8. The van der Waals surface area contributed by atoms with Crippen molar-refractivity contribution in [2.24, 2.45) is 5.92 Å². The highest BCUT2D eigenvalue weighted by atomic mass is 19.4. The standard InChI is InChI=1S/C19H24F3N3O5/c1-24(11-16(26)23-14-3-5-15(29-2)6-4-14)17(27)13-7-9-25(10-8-13)18(28)30-12-19(20,21)22/h3-6,13H,7-12H2,1-2H3,(H,23,26). The Morgan fingerprint density at radius 2 is 1.77 bits per heavy atom. The summed E-state index contributed by atoms with van der Waals surface area (Å²) >= 11 is 0. The van der Waals surface area contributed by atoms with Gasteiger partial charge in [-0.3, -0.25) is 9.59 Å². The van der Waals surface area contributed by atoms with Crippen LogP contribution in [0.5, 0.6) is 5.75 Å². The van der Waals surface area contributed by atoms with Crippen LogP contribution < -0.4 is 10.1 Å². The number of nitrogens with zero attached hydrogens (tertiary/aromatic N) is 2. The van der Waals surface area contributed by atoms with Gasteiger partial charge < -0.3 is 24.6 Å². The van der Waals surface area contributed by atoms with Crippen LogP contribution in [0.4, 0.5) is 23.7 Å². The number of anilines is 1. The van der Waals surface area contributed by atoms with Crippen molar-refractivity contribution in [3.63, 3.8) is 0 Å². The fourth-order valence-corrected chi connectivity index (χ4v) is 3.02.